The van der Waals surface area contributed by atoms with Gasteiger partial charge in [-0.3, -0.25) is 14.4 Å². The van der Waals surface area contributed by atoms with Crippen molar-refractivity contribution in [1.29, 1.82) is 0 Å². The van der Waals surface area contributed by atoms with Gasteiger partial charge in [0.15, 0.2) is 0 Å². The van der Waals surface area contributed by atoms with E-state index in [1.54, 1.807) is 36.3 Å². The van der Waals surface area contributed by atoms with E-state index < -0.39 is 5.97 Å². The largest absolute Gasteiger partial charge is 0.497 e. The van der Waals surface area contributed by atoms with Gasteiger partial charge in [0.1, 0.15) is 5.75 Å². The van der Waals surface area contributed by atoms with Crippen LogP contribution >= 0.6 is 0 Å². The molecule has 4 aromatic carbocycles. The Morgan fingerprint density at radius 3 is 2.31 bits per heavy atom. The van der Waals surface area contributed by atoms with Crippen LogP contribution in [0.3, 0.4) is 0 Å². The van der Waals surface area contributed by atoms with E-state index in [0.29, 0.717) is 24.5 Å². The van der Waals surface area contributed by atoms with Gasteiger partial charge in [-0.2, -0.15) is 0 Å². The molecule has 232 valence electrons. The van der Waals surface area contributed by atoms with Crippen LogP contribution in [0.4, 0.5) is 11.4 Å². The molecule has 1 heterocycles. The van der Waals surface area contributed by atoms with Crippen molar-refractivity contribution in [3.05, 3.63) is 114 Å². The van der Waals surface area contributed by atoms with Gasteiger partial charge in [0.2, 0.25) is 5.91 Å². The number of methoxy groups -OCH3 is 1. The van der Waals surface area contributed by atoms with E-state index in [1.165, 1.54) is 0 Å². The van der Waals surface area contributed by atoms with Crippen LogP contribution in [0.15, 0.2) is 97.1 Å². The van der Waals surface area contributed by atoms with Gasteiger partial charge in [-0.05, 0) is 64.7 Å². The molecule has 0 unspecified atom stereocenters. The molecule has 9 heteroatoms. The van der Waals surface area contributed by atoms with Gasteiger partial charge in [-0.15, -0.1) is 0 Å². The number of nitrogens with zero attached hydrogens (tertiary/aromatic N) is 2. The maximum Gasteiger partial charge on any atom is 0.305 e. The second-order valence-electron chi connectivity index (χ2n) is 10.8. The highest BCUT2D eigenvalue weighted by Crippen LogP contribution is 2.33. The van der Waals surface area contributed by atoms with Gasteiger partial charge in [-0.1, -0.05) is 54.6 Å². The molecular formula is C36H37N3O6. The van der Waals surface area contributed by atoms with Gasteiger partial charge in [-0.25, -0.2) is 0 Å². The summed E-state index contributed by atoms with van der Waals surface area (Å²) >= 11 is 0. The second kappa shape index (κ2) is 15.0. The summed E-state index contributed by atoms with van der Waals surface area (Å²) in [4.78, 5) is 41.6. The van der Waals surface area contributed by atoms with E-state index >= 15 is 0 Å². The third-order valence-electron chi connectivity index (χ3n) is 7.68. The Hall–Kier alpha value is -5.15. The number of morpholine rings is 1. The van der Waals surface area contributed by atoms with E-state index in [9.17, 15) is 19.5 Å². The molecule has 0 atom stereocenters. The first kappa shape index (κ1) is 31.3. The molecule has 0 saturated carbocycles. The van der Waals surface area contributed by atoms with Gasteiger partial charge in [0.05, 0.1) is 44.5 Å². The van der Waals surface area contributed by atoms with E-state index in [4.69, 9.17) is 9.47 Å². The van der Waals surface area contributed by atoms with Crippen LogP contribution in [-0.4, -0.2) is 67.7 Å². The SMILES string of the molecule is COc1ccc(CC(=O)Nc2cc(-c3cccc(CN(CCC(=O)O)C(=O)c4ccccc4)c3)ccc2N2CCOCC2)cc1. The minimum atomic E-state index is -0.962. The third-order valence-corrected chi connectivity index (χ3v) is 7.68. The van der Waals surface area contributed by atoms with Crippen molar-refractivity contribution < 1.29 is 29.0 Å². The molecule has 0 radical (unpaired) electrons. The summed E-state index contributed by atoms with van der Waals surface area (Å²) < 4.78 is 10.8. The highest BCUT2D eigenvalue weighted by atomic mass is 16.5. The number of ether oxygens (including phenoxy) is 2. The number of anilines is 2. The summed E-state index contributed by atoms with van der Waals surface area (Å²) in [6.07, 6.45) is 0.0642. The topological polar surface area (TPSA) is 108 Å². The van der Waals surface area contributed by atoms with Gasteiger partial charge < -0.3 is 29.7 Å². The van der Waals surface area contributed by atoms with Crippen molar-refractivity contribution in [2.75, 3.05) is 50.2 Å². The van der Waals surface area contributed by atoms with Crippen molar-refractivity contribution in [3.8, 4) is 16.9 Å². The summed E-state index contributed by atoms with van der Waals surface area (Å²) in [5, 5.41) is 12.4. The monoisotopic (exact) mass is 607 g/mol. The van der Waals surface area contributed by atoms with Crippen molar-refractivity contribution in [1.82, 2.24) is 4.90 Å². The number of carbonyl (C=O) groups excluding carboxylic acids is 2. The molecule has 1 fully saturated rings. The number of carboxylic acids is 1. The lowest BCUT2D eigenvalue weighted by Crippen LogP contribution is -2.36. The normalized spacial score (nSPS) is 12.8. The molecule has 1 saturated heterocycles. The number of hydrogen-bond donors (Lipinski definition) is 2. The van der Waals surface area contributed by atoms with Crippen molar-refractivity contribution in [2.24, 2.45) is 0 Å². The standard InChI is InChI=1S/C36H37N3O6/c1-44-31-13-10-26(11-14-31)23-34(40)37-32-24-30(12-15-33(32)38-18-20-45-21-19-38)29-9-5-6-27(22-29)25-39(17-16-35(41)42)36(43)28-7-3-2-4-8-28/h2-15,22,24H,16-21,23,25H2,1H3,(H,37,40)(H,41,42). The Morgan fingerprint density at radius 1 is 0.867 bits per heavy atom. The molecule has 2 amide bonds. The number of carbonyl (C=O) groups is 3. The molecule has 5 rings (SSSR count). The average Bonchev–Trinajstić information content (AvgIpc) is 3.07. The first-order valence-electron chi connectivity index (χ1n) is 14.9. The average molecular weight is 608 g/mol. The first-order chi connectivity index (χ1) is 21.9. The lowest BCUT2D eigenvalue weighted by atomic mass is 10.0. The summed E-state index contributed by atoms with van der Waals surface area (Å²) in [7, 11) is 1.61. The molecule has 9 nitrogen and oxygen atoms in total. The lowest BCUT2D eigenvalue weighted by Gasteiger charge is -2.31. The minimum Gasteiger partial charge on any atom is -0.497 e. The molecule has 0 bridgehead atoms. The Bertz CT molecular complexity index is 1620. The fourth-order valence-electron chi connectivity index (χ4n) is 5.33. The predicted octanol–water partition coefficient (Wildman–Crippen LogP) is 5.50. The molecule has 4 aromatic rings. The fourth-order valence-corrected chi connectivity index (χ4v) is 5.33. The van der Waals surface area contributed by atoms with Crippen molar-refractivity contribution in [2.45, 2.75) is 19.4 Å². The second-order valence-corrected chi connectivity index (χ2v) is 10.8. The van der Waals surface area contributed by atoms with E-state index in [2.05, 4.69) is 10.2 Å². The highest BCUT2D eigenvalue weighted by molar-refractivity contribution is 5.97. The third kappa shape index (κ3) is 8.49. The zero-order chi connectivity index (χ0) is 31.6. The zero-order valence-corrected chi connectivity index (χ0v) is 25.3. The number of aliphatic carboxylic acids is 1. The molecule has 0 aliphatic carbocycles. The van der Waals surface area contributed by atoms with E-state index in [-0.39, 0.29) is 37.7 Å². The fraction of sp³-hybridized carbons (Fsp3) is 0.250. The highest BCUT2D eigenvalue weighted by Gasteiger charge is 2.19. The van der Waals surface area contributed by atoms with Crippen molar-refractivity contribution in [3.63, 3.8) is 0 Å². The van der Waals surface area contributed by atoms with Gasteiger partial charge in [0, 0.05) is 31.7 Å². The number of nitrogens with one attached hydrogen (secondary N) is 1. The van der Waals surface area contributed by atoms with Crippen LogP contribution in [0.2, 0.25) is 0 Å². The predicted molar refractivity (Wildman–Crippen MR) is 174 cm³/mol. The molecule has 45 heavy (non-hydrogen) atoms. The van der Waals surface area contributed by atoms with Crippen LogP contribution in [0.1, 0.15) is 27.9 Å². The lowest BCUT2D eigenvalue weighted by molar-refractivity contribution is -0.137. The van der Waals surface area contributed by atoms with E-state index in [1.807, 2.05) is 72.8 Å². The van der Waals surface area contributed by atoms with Crippen LogP contribution in [0.5, 0.6) is 5.75 Å². The van der Waals surface area contributed by atoms with Crippen LogP contribution in [0.25, 0.3) is 11.1 Å². The van der Waals surface area contributed by atoms with Crippen molar-refractivity contribution >= 4 is 29.2 Å². The summed E-state index contributed by atoms with van der Waals surface area (Å²) in [5.41, 5.74) is 5.70. The Balaban J connectivity index is 1.40. The number of carboxylic acid groups (broad SMARTS) is 1. The van der Waals surface area contributed by atoms with E-state index in [0.717, 1.165) is 46.8 Å². The summed E-state index contributed by atoms with van der Waals surface area (Å²) in [5.74, 6) is -0.581. The number of amides is 2. The Labute approximate surface area is 263 Å². The smallest absolute Gasteiger partial charge is 0.305 e. The van der Waals surface area contributed by atoms with Crippen LogP contribution < -0.4 is 15.0 Å². The molecule has 0 aromatic heterocycles. The summed E-state index contributed by atoms with van der Waals surface area (Å²) in [6.45, 7) is 3.01. The maximum atomic E-state index is 13.3. The molecular weight excluding hydrogens is 570 g/mol. The molecule has 1 aliphatic rings. The molecule has 2 N–H and O–H groups in total. The van der Waals surface area contributed by atoms with Crippen LogP contribution in [-0.2, 0) is 27.3 Å². The van der Waals surface area contributed by atoms with Crippen LogP contribution in [0, 0.1) is 0 Å². The zero-order valence-electron chi connectivity index (χ0n) is 25.3. The Morgan fingerprint density at radius 2 is 1.60 bits per heavy atom. The van der Waals surface area contributed by atoms with Gasteiger partial charge in [0.25, 0.3) is 5.91 Å². The molecule has 1 aliphatic heterocycles. The maximum absolute atomic E-state index is 13.3. The first-order valence-corrected chi connectivity index (χ1v) is 14.9. The number of benzene rings is 4. The van der Waals surface area contributed by atoms with Gasteiger partial charge >= 0.3 is 5.97 Å². The number of hydrogen-bond acceptors (Lipinski definition) is 6. The summed E-state index contributed by atoms with van der Waals surface area (Å²) in [6, 6.07) is 30.2. The quantitative estimate of drug-likeness (QED) is 0.219. The molecule has 0 spiro atoms. The number of rotatable bonds is 12. The minimum absolute atomic E-state index is 0.0892. The Kier molecular flexibility index (Phi) is 10.4.